The van der Waals surface area contributed by atoms with Crippen molar-refractivity contribution < 1.29 is 9.53 Å². The third-order valence-corrected chi connectivity index (χ3v) is 7.03. The molecule has 1 aromatic heterocycles. The van der Waals surface area contributed by atoms with Crippen LogP contribution >= 0.6 is 23.4 Å². The van der Waals surface area contributed by atoms with Crippen LogP contribution in [0.1, 0.15) is 25.8 Å². The van der Waals surface area contributed by atoms with Gasteiger partial charge in [0.25, 0.3) is 0 Å². The molecule has 0 N–H and O–H groups in total. The summed E-state index contributed by atoms with van der Waals surface area (Å²) in [6.45, 7) is 5.33. The summed E-state index contributed by atoms with van der Waals surface area (Å²) >= 11 is 7.87. The monoisotopic (exact) mass is 470 g/mol. The van der Waals surface area contributed by atoms with E-state index in [0.717, 1.165) is 24.1 Å². The Morgan fingerprint density at radius 1 is 1.22 bits per heavy atom. The summed E-state index contributed by atoms with van der Waals surface area (Å²) in [6.07, 6.45) is 1.68. The second-order valence-electron chi connectivity index (χ2n) is 7.93. The minimum absolute atomic E-state index is 0.0817. The molecule has 0 saturated heterocycles. The van der Waals surface area contributed by atoms with Gasteiger partial charge in [0.2, 0.25) is 5.91 Å². The smallest absolute Gasteiger partial charge is 0.240 e. The van der Waals surface area contributed by atoms with E-state index in [1.165, 1.54) is 17.3 Å². The molecule has 168 valence electrons. The van der Waals surface area contributed by atoms with E-state index in [1.807, 2.05) is 58.9 Å². The highest BCUT2D eigenvalue weighted by molar-refractivity contribution is 8.00. The number of rotatable bonds is 8. The van der Waals surface area contributed by atoms with Gasteiger partial charge in [0.15, 0.2) is 11.0 Å². The standard InChI is InChI=1S/C24H27ClN4O2S/c1-16-15-18-9-4-7-12-21(18)29(16)23(30)17(2)32-24-27-26-22(28(24)13-8-14-31-3)19-10-5-6-11-20(19)25/h4-7,9-12,16-17H,8,13-15H2,1-3H3. The van der Waals surface area contributed by atoms with Gasteiger partial charge < -0.3 is 14.2 Å². The molecule has 0 fully saturated rings. The van der Waals surface area contributed by atoms with Crippen LogP contribution in [0.25, 0.3) is 11.4 Å². The molecule has 2 unspecified atom stereocenters. The quantitative estimate of drug-likeness (QED) is 0.339. The van der Waals surface area contributed by atoms with Gasteiger partial charge >= 0.3 is 0 Å². The van der Waals surface area contributed by atoms with Crippen molar-refractivity contribution in [1.29, 1.82) is 0 Å². The zero-order chi connectivity index (χ0) is 22.7. The molecule has 2 aromatic carbocycles. The Balaban J connectivity index is 1.59. The van der Waals surface area contributed by atoms with Gasteiger partial charge in [-0.1, -0.05) is 53.7 Å². The highest BCUT2D eigenvalue weighted by atomic mass is 35.5. The van der Waals surface area contributed by atoms with Gasteiger partial charge in [-0.25, -0.2) is 0 Å². The van der Waals surface area contributed by atoms with Crippen molar-refractivity contribution in [3.8, 4) is 11.4 Å². The Morgan fingerprint density at radius 3 is 2.75 bits per heavy atom. The summed E-state index contributed by atoms with van der Waals surface area (Å²) in [4.78, 5) is 15.4. The molecular formula is C24H27ClN4O2S. The number of carbonyl (C=O) groups excluding carboxylic acids is 1. The molecular weight excluding hydrogens is 444 g/mol. The zero-order valence-corrected chi connectivity index (χ0v) is 20.1. The van der Waals surface area contributed by atoms with E-state index in [-0.39, 0.29) is 17.2 Å². The summed E-state index contributed by atoms with van der Waals surface area (Å²) in [5.74, 6) is 0.784. The van der Waals surface area contributed by atoms with Crippen LogP contribution in [-0.4, -0.2) is 45.7 Å². The van der Waals surface area contributed by atoms with E-state index in [4.69, 9.17) is 16.3 Å². The number of methoxy groups -OCH3 is 1. The van der Waals surface area contributed by atoms with Crippen LogP contribution in [-0.2, 0) is 22.5 Å². The second-order valence-corrected chi connectivity index (χ2v) is 9.65. The van der Waals surface area contributed by atoms with Crippen molar-refractivity contribution in [2.75, 3.05) is 18.6 Å². The lowest BCUT2D eigenvalue weighted by atomic mass is 10.1. The van der Waals surface area contributed by atoms with E-state index < -0.39 is 0 Å². The summed E-state index contributed by atoms with van der Waals surface area (Å²) in [7, 11) is 1.69. The van der Waals surface area contributed by atoms with Crippen LogP contribution in [0.3, 0.4) is 0 Å². The first-order valence-corrected chi connectivity index (χ1v) is 12.0. The normalized spacial score (nSPS) is 16.2. The largest absolute Gasteiger partial charge is 0.385 e. The van der Waals surface area contributed by atoms with Gasteiger partial charge in [-0.05, 0) is 50.5 Å². The van der Waals surface area contributed by atoms with Gasteiger partial charge in [-0.15, -0.1) is 10.2 Å². The fraction of sp³-hybridized carbons (Fsp3) is 0.375. The van der Waals surface area contributed by atoms with Crippen molar-refractivity contribution in [1.82, 2.24) is 14.8 Å². The van der Waals surface area contributed by atoms with Crippen molar-refractivity contribution >= 4 is 35.0 Å². The fourth-order valence-electron chi connectivity index (χ4n) is 4.09. The highest BCUT2D eigenvalue weighted by Crippen LogP contribution is 2.36. The number of benzene rings is 2. The molecule has 0 radical (unpaired) electrons. The van der Waals surface area contributed by atoms with Gasteiger partial charge in [0.1, 0.15) is 0 Å². The van der Waals surface area contributed by atoms with Gasteiger partial charge in [0.05, 0.1) is 10.3 Å². The number of halogens is 1. The van der Waals surface area contributed by atoms with Crippen LogP contribution in [0.4, 0.5) is 5.69 Å². The Hall–Kier alpha value is -2.35. The average Bonchev–Trinajstić information content (AvgIpc) is 3.33. The fourth-order valence-corrected chi connectivity index (χ4v) is 5.24. The number of para-hydroxylation sites is 1. The molecule has 32 heavy (non-hydrogen) atoms. The van der Waals surface area contributed by atoms with Crippen molar-refractivity contribution in [3.05, 3.63) is 59.1 Å². The third-order valence-electron chi connectivity index (χ3n) is 5.64. The predicted octanol–water partition coefficient (Wildman–Crippen LogP) is 5.09. The Kier molecular flexibility index (Phi) is 7.18. The third kappa shape index (κ3) is 4.56. The lowest BCUT2D eigenvalue weighted by molar-refractivity contribution is -0.118. The van der Waals surface area contributed by atoms with E-state index in [1.54, 1.807) is 7.11 Å². The molecule has 0 aliphatic carbocycles. The lowest BCUT2D eigenvalue weighted by Crippen LogP contribution is -2.40. The van der Waals surface area contributed by atoms with Crippen LogP contribution < -0.4 is 4.90 Å². The molecule has 2 heterocycles. The number of anilines is 1. The number of nitrogens with zero attached hydrogens (tertiary/aromatic N) is 4. The van der Waals surface area contributed by atoms with Gasteiger partial charge in [0, 0.05) is 37.6 Å². The maximum Gasteiger partial charge on any atom is 0.240 e. The maximum absolute atomic E-state index is 13.4. The minimum atomic E-state index is -0.312. The summed E-state index contributed by atoms with van der Waals surface area (Å²) in [5.41, 5.74) is 3.05. The Bertz CT molecular complexity index is 1100. The summed E-state index contributed by atoms with van der Waals surface area (Å²) in [5, 5.41) is 9.87. The molecule has 2 atom stereocenters. The molecule has 0 saturated carbocycles. The zero-order valence-electron chi connectivity index (χ0n) is 18.5. The van der Waals surface area contributed by atoms with Crippen molar-refractivity contribution in [2.45, 2.75) is 49.7 Å². The van der Waals surface area contributed by atoms with Crippen molar-refractivity contribution in [3.63, 3.8) is 0 Å². The van der Waals surface area contributed by atoms with Crippen LogP contribution in [0.15, 0.2) is 53.7 Å². The van der Waals surface area contributed by atoms with Crippen LogP contribution in [0.2, 0.25) is 5.02 Å². The number of thioether (sulfide) groups is 1. The average molecular weight is 471 g/mol. The number of hydrogen-bond acceptors (Lipinski definition) is 5. The first kappa shape index (κ1) is 22.8. The maximum atomic E-state index is 13.4. The summed E-state index contributed by atoms with van der Waals surface area (Å²) in [6, 6.07) is 15.9. The summed E-state index contributed by atoms with van der Waals surface area (Å²) < 4.78 is 7.27. The Labute approximate surface area is 197 Å². The first-order valence-electron chi connectivity index (χ1n) is 10.8. The van der Waals surface area contributed by atoms with E-state index in [2.05, 4.69) is 23.2 Å². The number of hydrogen-bond donors (Lipinski definition) is 0. The van der Waals surface area contributed by atoms with Crippen LogP contribution in [0.5, 0.6) is 0 Å². The lowest BCUT2D eigenvalue weighted by Gasteiger charge is -2.25. The minimum Gasteiger partial charge on any atom is -0.385 e. The van der Waals surface area contributed by atoms with E-state index >= 15 is 0 Å². The molecule has 1 amide bonds. The van der Waals surface area contributed by atoms with E-state index in [0.29, 0.717) is 29.2 Å². The molecule has 6 nitrogen and oxygen atoms in total. The molecule has 1 aliphatic rings. The molecule has 4 rings (SSSR count). The molecule has 3 aromatic rings. The van der Waals surface area contributed by atoms with Crippen molar-refractivity contribution in [2.24, 2.45) is 0 Å². The topological polar surface area (TPSA) is 60.2 Å². The molecule has 1 aliphatic heterocycles. The van der Waals surface area contributed by atoms with E-state index in [9.17, 15) is 4.79 Å². The first-order chi connectivity index (χ1) is 15.5. The highest BCUT2D eigenvalue weighted by Gasteiger charge is 2.34. The van der Waals surface area contributed by atoms with Gasteiger partial charge in [-0.3, -0.25) is 4.79 Å². The van der Waals surface area contributed by atoms with Crippen LogP contribution in [0, 0.1) is 0 Å². The second kappa shape index (κ2) is 10.1. The SMILES string of the molecule is COCCCn1c(SC(C)C(=O)N2c3ccccc3CC2C)nnc1-c1ccccc1Cl. The number of fused-ring (bicyclic) bond motifs is 1. The number of carbonyl (C=O) groups is 1. The number of aromatic nitrogens is 3. The molecule has 0 bridgehead atoms. The van der Waals surface area contributed by atoms with Gasteiger partial charge in [-0.2, -0.15) is 0 Å². The molecule has 0 spiro atoms. The number of ether oxygens (including phenoxy) is 1. The predicted molar refractivity (Wildman–Crippen MR) is 129 cm³/mol. The number of amides is 1. The molecule has 8 heteroatoms. The Morgan fingerprint density at radius 2 is 1.97 bits per heavy atom.